The van der Waals surface area contributed by atoms with Gasteiger partial charge in [-0.2, -0.15) is 0 Å². The van der Waals surface area contributed by atoms with Gasteiger partial charge < -0.3 is 5.32 Å². The molecule has 1 amide bonds. The lowest BCUT2D eigenvalue weighted by Gasteiger charge is -2.08. The molecule has 0 saturated heterocycles. The molecule has 1 aromatic heterocycles. The molecule has 0 aliphatic heterocycles. The van der Waals surface area contributed by atoms with Crippen molar-refractivity contribution in [1.29, 1.82) is 0 Å². The molecular formula is C16H10BrFN2O. The van der Waals surface area contributed by atoms with Gasteiger partial charge in [-0.15, -0.1) is 0 Å². The van der Waals surface area contributed by atoms with Crippen LogP contribution in [0.4, 0.5) is 10.1 Å². The number of anilines is 1. The number of pyridine rings is 1. The van der Waals surface area contributed by atoms with Crippen molar-refractivity contribution in [3.63, 3.8) is 0 Å². The predicted octanol–water partition coefficient (Wildman–Crippen LogP) is 4.39. The third-order valence-corrected chi connectivity index (χ3v) is 3.54. The second kappa shape index (κ2) is 5.61. The van der Waals surface area contributed by atoms with Crippen molar-refractivity contribution < 1.29 is 9.18 Å². The minimum absolute atomic E-state index is 0.253. The first kappa shape index (κ1) is 13.7. The molecular weight excluding hydrogens is 335 g/mol. The Kier molecular flexibility index (Phi) is 3.66. The van der Waals surface area contributed by atoms with Crippen molar-refractivity contribution in [2.75, 3.05) is 5.32 Å². The van der Waals surface area contributed by atoms with Crippen LogP contribution in [0, 0.1) is 5.82 Å². The Bertz CT molecular complexity index is 818. The molecule has 3 aromatic rings. The lowest BCUT2D eigenvalue weighted by molar-refractivity contribution is 0.102. The Morgan fingerprint density at radius 2 is 1.86 bits per heavy atom. The number of hydrogen-bond acceptors (Lipinski definition) is 2. The molecule has 3 nitrogen and oxygen atoms in total. The van der Waals surface area contributed by atoms with Gasteiger partial charge in [0.15, 0.2) is 0 Å². The first-order chi connectivity index (χ1) is 10.1. The maximum Gasteiger partial charge on any atom is 0.256 e. The summed E-state index contributed by atoms with van der Waals surface area (Å²) in [6.07, 6.45) is 1.59. The number of carbonyl (C=O) groups is 1. The quantitative estimate of drug-likeness (QED) is 0.749. The number of carbonyl (C=O) groups excluding carboxylic acids is 1. The number of hydrogen-bond donors (Lipinski definition) is 1. The van der Waals surface area contributed by atoms with E-state index in [4.69, 9.17) is 0 Å². The molecule has 2 aromatic carbocycles. The molecule has 1 heterocycles. The van der Waals surface area contributed by atoms with E-state index in [1.165, 1.54) is 24.3 Å². The number of halogens is 2. The van der Waals surface area contributed by atoms with E-state index >= 15 is 0 Å². The number of amides is 1. The summed E-state index contributed by atoms with van der Waals surface area (Å²) in [5.74, 6) is -0.594. The van der Waals surface area contributed by atoms with Gasteiger partial charge >= 0.3 is 0 Å². The zero-order valence-electron chi connectivity index (χ0n) is 10.8. The lowest BCUT2D eigenvalue weighted by atomic mass is 10.1. The topological polar surface area (TPSA) is 42.0 Å². The van der Waals surface area contributed by atoms with Crippen LogP contribution in [0.3, 0.4) is 0 Å². The summed E-state index contributed by atoms with van der Waals surface area (Å²) >= 11 is 3.38. The van der Waals surface area contributed by atoms with E-state index in [0.29, 0.717) is 11.3 Å². The van der Waals surface area contributed by atoms with Crippen molar-refractivity contribution in [3.8, 4) is 0 Å². The monoisotopic (exact) mass is 344 g/mol. The Labute approximate surface area is 128 Å². The number of rotatable bonds is 2. The maximum absolute atomic E-state index is 12.9. The highest BCUT2D eigenvalue weighted by molar-refractivity contribution is 9.10. The summed E-state index contributed by atoms with van der Waals surface area (Å²) in [5, 5.41) is 3.51. The van der Waals surface area contributed by atoms with Gasteiger partial charge in [-0.05, 0) is 42.5 Å². The van der Waals surface area contributed by atoms with Crippen LogP contribution in [0.25, 0.3) is 10.9 Å². The molecule has 3 rings (SSSR count). The molecule has 21 heavy (non-hydrogen) atoms. The summed E-state index contributed by atoms with van der Waals surface area (Å²) in [4.78, 5) is 16.6. The molecule has 0 spiro atoms. The van der Waals surface area contributed by atoms with E-state index in [-0.39, 0.29) is 11.7 Å². The van der Waals surface area contributed by atoms with E-state index in [0.717, 1.165) is 15.4 Å². The fourth-order valence-electron chi connectivity index (χ4n) is 2.05. The molecule has 0 aliphatic carbocycles. The minimum atomic E-state index is -0.341. The van der Waals surface area contributed by atoms with Crippen molar-refractivity contribution in [2.24, 2.45) is 0 Å². The highest BCUT2D eigenvalue weighted by Gasteiger charge is 2.11. The van der Waals surface area contributed by atoms with Crippen LogP contribution >= 0.6 is 15.9 Å². The number of benzene rings is 2. The summed E-state index contributed by atoms with van der Waals surface area (Å²) in [5.41, 5.74) is 1.80. The van der Waals surface area contributed by atoms with Crippen LogP contribution < -0.4 is 5.32 Å². The average molecular weight is 345 g/mol. The van der Waals surface area contributed by atoms with Gasteiger partial charge in [0.1, 0.15) is 5.82 Å². The fraction of sp³-hybridized carbons (Fsp3) is 0. The van der Waals surface area contributed by atoms with Gasteiger partial charge in [0.05, 0.1) is 11.1 Å². The molecule has 0 saturated carbocycles. The van der Waals surface area contributed by atoms with Gasteiger partial charge in [-0.25, -0.2) is 4.39 Å². The minimum Gasteiger partial charge on any atom is -0.322 e. The van der Waals surface area contributed by atoms with Crippen molar-refractivity contribution in [3.05, 3.63) is 70.6 Å². The maximum atomic E-state index is 12.9. The first-order valence-corrected chi connectivity index (χ1v) is 7.04. The highest BCUT2D eigenvalue weighted by atomic mass is 79.9. The zero-order valence-corrected chi connectivity index (χ0v) is 12.4. The number of fused-ring (bicyclic) bond motifs is 1. The molecule has 1 N–H and O–H groups in total. The van der Waals surface area contributed by atoms with Crippen molar-refractivity contribution >= 4 is 38.4 Å². The van der Waals surface area contributed by atoms with E-state index < -0.39 is 0 Å². The molecule has 0 fully saturated rings. The Hall–Kier alpha value is -2.27. The van der Waals surface area contributed by atoms with E-state index in [1.807, 2.05) is 18.2 Å². The molecule has 104 valence electrons. The largest absolute Gasteiger partial charge is 0.322 e. The van der Waals surface area contributed by atoms with Crippen LogP contribution in [0.2, 0.25) is 0 Å². The number of nitrogens with one attached hydrogen (secondary N) is 1. The summed E-state index contributed by atoms with van der Waals surface area (Å²) in [6, 6.07) is 12.9. The summed E-state index contributed by atoms with van der Waals surface area (Å²) < 4.78 is 13.8. The molecule has 0 radical (unpaired) electrons. The number of nitrogens with zero attached hydrogens (tertiary/aromatic N) is 1. The van der Waals surface area contributed by atoms with Gasteiger partial charge in [0.2, 0.25) is 0 Å². The van der Waals surface area contributed by atoms with Crippen molar-refractivity contribution in [2.45, 2.75) is 0 Å². The van der Waals surface area contributed by atoms with Crippen LogP contribution in [-0.2, 0) is 0 Å². The van der Waals surface area contributed by atoms with E-state index in [1.54, 1.807) is 12.3 Å². The normalized spacial score (nSPS) is 10.6. The fourth-order valence-corrected chi connectivity index (χ4v) is 2.40. The van der Waals surface area contributed by atoms with Gasteiger partial charge in [0, 0.05) is 21.7 Å². The average Bonchev–Trinajstić information content (AvgIpc) is 2.48. The summed E-state index contributed by atoms with van der Waals surface area (Å²) in [7, 11) is 0. The van der Waals surface area contributed by atoms with Gasteiger partial charge in [-0.3, -0.25) is 9.78 Å². The van der Waals surface area contributed by atoms with Crippen LogP contribution in [0.1, 0.15) is 10.4 Å². The predicted molar refractivity (Wildman–Crippen MR) is 83.8 cm³/mol. The molecule has 0 bridgehead atoms. The second-order valence-electron chi connectivity index (χ2n) is 4.48. The van der Waals surface area contributed by atoms with Crippen molar-refractivity contribution in [1.82, 2.24) is 4.98 Å². The molecule has 5 heteroatoms. The highest BCUT2D eigenvalue weighted by Crippen LogP contribution is 2.22. The van der Waals surface area contributed by atoms with E-state index in [2.05, 4.69) is 26.2 Å². The SMILES string of the molecule is O=C(Nc1ccc(F)cc1)c1ccnc2cc(Br)ccc12. The number of aromatic nitrogens is 1. The van der Waals surface area contributed by atoms with Crippen LogP contribution in [0.15, 0.2) is 59.2 Å². The van der Waals surface area contributed by atoms with Gasteiger partial charge in [0.25, 0.3) is 5.91 Å². The lowest BCUT2D eigenvalue weighted by Crippen LogP contribution is -2.12. The standard InChI is InChI=1S/C16H10BrFN2O/c17-10-1-6-13-14(7-8-19-15(13)9-10)16(21)20-12-4-2-11(18)3-5-12/h1-9H,(H,20,21). The third-order valence-electron chi connectivity index (χ3n) is 3.05. The first-order valence-electron chi connectivity index (χ1n) is 6.25. The van der Waals surface area contributed by atoms with Crippen LogP contribution in [-0.4, -0.2) is 10.9 Å². The molecule has 0 aliphatic rings. The Morgan fingerprint density at radius 1 is 1.10 bits per heavy atom. The molecule has 0 unspecified atom stereocenters. The van der Waals surface area contributed by atoms with Crippen LogP contribution in [0.5, 0.6) is 0 Å². The van der Waals surface area contributed by atoms with E-state index in [9.17, 15) is 9.18 Å². The second-order valence-corrected chi connectivity index (χ2v) is 5.40. The smallest absolute Gasteiger partial charge is 0.256 e. The summed E-state index contributed by atoms with van der Waals surface area (Å²) in [6.45, 7) is 0. The Morgan fingerprint density at radius 3 is 2.62 bits per heavy atom. The Balaban J connectivity index is 1.96. The third kappa shape index (κ3) is 2.92. The van der Waals surface area contributed by atoms with Gasteiger partial charge in [-0.1, -0.05) is 22.0 Å². The zero-order chi connectivity index (χ0) is 14.8. The molecule has 0 atom stereocenters.